The van der Waals surface area contributed by atoms with Gasteiger partial charge in [-0.15, -0.1) is 0 Å². The fourth-order valence-corrected chi connectivity index (χ4v) is 1.62. The SMILES string of the molecule is CC.O=C(O)Cc1ccc(-c2ccccc2)cc1. The molecule has 0 saturated heterocycles. The summed E-state index contributed by atoms with van der Waals surface area (Å²) in [6, 6.07) is 17.6. The molecule has 0 bridgehead atoms. The summed E-state index contributed by atoms with van der Waals surface area (Å²) in [5.74, 6) is -0.799. The van der Waals surface area contributed by atoms with Crippen LogP contribution >= 0.6 is 0 Å². The van der Waals surface area contributed by atoms with Crippen LogP contribution in [0.4, 0.5) is 0 Å². The first kappa shape index (κ1) is 14.0. The van der Waals surface area contributed by atoms with Gasteiger partial charge in [-0.2, -0.15) is 0 Å². The number of rotatable bonds is 3. The minimum atomic E-state index is -0.799. The Hall–Kier alpha value is -2.09. The van der Waals surface area contributed by atoms with E-state index in [1.165, 1.54) is 0 Å². The molecule has 2 aromatic rings. The maximum absolute atomic E-state index is 10.5. The molecule has 94 valence electrons. The van der Waals surface area contributed by atoms with Gasteiger partial charge in [0.15, 0.2) is 0 Å². The van der Waals surface area contributed by atoms with Crippen molar-refractivity contribution in [2.75, 3.05) is 0 Å². The molecule has 0 aliphatic carbocycles. The van der Waals surface area contributed by atoms with Gasteiger partial charge in [-0.3, -0.25) is 4.79 Å². The Morgan fingerprint density at radius 1 is 0.889 bits per heavy atom. The van der Waals surface area contributed by atoms with Gasteiger partial charge >= 0.3 is 5.97 Å². The van der Waals surface area contributed by atoms with Crippen molar-refractivity contribution in [1.82, 2.24) is 0 Å². The Morgan fingerprint density at radius 2 is 1.39 bits per heavy atom. The summed E-state index contributed by atoms with van der Waals surface area (Å²) in [6.07, 6.45) is 0.0784. The number of aliphatic carboxylic acids is 1. The zero-order valence-electron chi connectivity index (χ0n) is 10.8. The van der Waals surface area contributed by atoms with E-state index in [0.717, 1.165) is 16.7 Å². The molecule has 18 heavy (non-hydrogen) atoms. The number of hydrogen-bond acceptors (Lipinski definition) is 1. The van der Waals surface area contributed by atoms with Gasteiger partial charge in [0.05, 0.1) is 6.42 Å². The van der Waals surface area contributed by atoms with Gasteiger partial charge < -0.3 is 5.11 Å². The molecule has 0 aliphatic rings. The lowest BCUT2D eigenvalue weighted by molar-refractivity contribution is -0.136. The van der Waals surface area contributed by atoms with Crippen LogP contribution in [-0.2, 0) is 11.2 Å². The zero-order chi connectivity index (χ0) is 13.4. The molecule has 0 fully saturated rings. The molecule has 0 amide bonds. The van der Waals surface area contributed by atoms with E-state index in [4.69, 9.17) is 5.11 Å². The molecule has 0 unspecified atom stereocenters. The molecule has 0 atom stereocenters. The number of carboxylic acids is 1. The minimum Gasteiger partial charge on any atom is -0.481 e. The van der Waals surface area contributed by atoms with Gasteiger partial charge in [-0.05, 0) is 16.7 Å². The van der Waals surface area contributed by atoms with Crippen molar-refractivity contribution < 1.29 is 9.90 Å². The van der Waals surface area contributed by atoms with E-state index in [1.807, 2.05) is 68.4 Å². The topological polar surface area (TPSA) is 37.3 Å². The summed E-state index contributed by atoms with van der Waals surface area (Å²) in [4.78, 5) is 10.5. The fourth-order valence-electron chi connectivity index (χ4n) is 1.62. The van der Waals surface area contributed by atoms with Crippen LogP contribution < -0.4 is 0 Å². The van der Waals surface area contributed by atoms with Crippen LogP contribution in [0.3, 0.4) is 0 Å². The molecule has 2 heteroatoms. The van der Waals surface area contributed by atoms with Crippen molar-refractivity contribution in [2.24, 2.45) is 0 Å². The Labute approximate surface area is 108 Å². The third kappa shape index (κ3) is 4.06. The molecule has 0 heterocycles. The number of carboxylic acid groups (broad SMARTS) is 1. The highest BCUT2D eigenvalue weighted by atomic mass is 16.4. The first-order chi connectivity index (χ1) is 8.75. The van der Waals surface area contributed by atoms with E-state index >= 15 is 0 Å². The van der Waals surface area contributed by atoms with Crippen molar-refractivity contribution in [2.45, 2.75) is 20.3 Å². The van der Waals surface area contributed by atoms with E-state index < -0.39 is 5.97 Å². The van der Waals surface area contributed by atoms with Crippen LogP contribution in [0.5, 0.6) is 0 Å². The highest BCUT2D eigenvalue weighted by Gasteiger charge is 2.01. The molecular weight excluding hydrogens is 224 g/mol. The predicted molar refractivity (Wildman–Crippen MR) is 74.6 cm³/mol. The fraction of sp³-hybridized carbons (Fsp3) is 0.188. The van der Waals surface area contributed by atoms with Crippen molar-refractivity contribution in [3.05, 3.63) is 60.2 Å². The summed E-state index contributed by atoms with van der Waals surface area (Å²) in [6.45, 7) is 4.00. The minimum absolute atomic E-state index is 0.0784. The third-order valence-electron chi connectivity index (χ3n) is 2.42. The van der Waals surface area contributed by atoms with Crippen LogP contribution in [-0.4, -0.2) is 11.1 Å². The summed E-state index contributed by atoms with van der Waals surface area (Å²) >= 11 is 0. The summed E-state index contributed by atoms with van der Waals surface area (Å²) < 4.78 is 0. The highest BCUT2D eigenvalue weighted by Crippen LogP contribution is 2.19. The summed E-state index contributed by atoms with van der Waals surface area (Å²) in [5, 5.41) is 8.65. The smallest absolute Gasteiger partial charge is 0.307 e. The molecule has 2 aromatic carbocycles. The van der Waals surface area contributed by atoms with Gasteiger partial charge in [-0.1, -0.05) is 68.4 Å². The summed E-state index contributed by atoms with van der Waals surface area (Å²) in [7, 11) is 0. The first-order valence-corrected chi connectivity index (χ1v) is 6.12. The van der Waals surface area contributed by atoms with Gasteiger partial charge in [0, 0.05) is 0 Å². The lowest BCUT2D eigenvalue weighted by Crippen LogP contribution is -1.99. The van der Waals surface area contributed by atoms with Crippen LogP contribution in [0, 0.1) is 0 Å². The molecule has 1 N–H and O–H groups in total. The standard InChI is InChI=1S/C14H12O2.C2H6/c15-14(16)10-11-6-8-13(9-7-11)12-4-2-1-3-5-12;1-2/h1-9H,10H2,(H,15,16);1-2H3. The third-order valence-corrected chi connectivity index (χ3v) is 2.42. The number of carbonyl (C=O) groups is 1. The monoisotopic (exact) mass is 242 g/mol. The molecule has 0 aromatic heterocycles. The van der Waals surface area contributed by atoms with Crippen LogP contribution in [0.25, 0.3) is 11.1 Å². The van der Waals surface area contributed by atoms with Gasteiger partial charge in [-0.25, -0.2) is 0 Å². The molecular formula is C16H18O2. The van der Waals surface area contributed by atoms with Crippen molar-refractivity contribution >= 4 is 5.97 Å². The second-order valence-electron chi connectivity index (χ2n) is 3.63. The van der Waals surface area contributed by atoms with Crippen molar-refractivity contribution in [3.8, 4) is 11.1 Å². The van der Waals surface area contributed by atoms with E-state index in [2.05, 4.69) is 0 Å². The Kier molecular flexibility index (Phi) is 5.65. The van der Waals surface area contributed by atoms with E-state index in [-0.39, 0.29) is 6.42 Å². The van der Waals surface area contributed by atoms with E-state index in [0.29, 0.717) is 0 Å². The molecule has 0 saturated carbocycles. The normalized spacial score (nSPS) is 9.22. The lowest BCUT2D eigenvalue weighted by Gasteiger charge is -2.02. The van der Waals surface area contributed by atoms with Gasteiger partial charge in [0.25, 0.3) is 0 Å². The molecule has 2 rings (SSSR count). The van der Waals surface area contributed by atoms with Crippen LogP contribution in [0.2, 0.25) is 0 Å². The average molecular weight is 242 g/mol. The second kappa shape index (κ2) is 7.28. The van der Waals surface area contributed by atoms with E-state index in [1.54, 1.807) is 0 Å². The zero-order valence-corrected chi connectivity index (χ0v) is 10.8. The summed E-state index contributed by atoms with van der Waals surface area (Å²) in [5.41, 5.74) is 3.08. The van der Waals surface area contributed by atoms with Crippen molar-refractivity contribution in [3.63, 3.8) is 0 Å². The largest absolute Gasteiger partial charge is 0.481 e. The first-order valence-electron chi connectivity index (χ1n) is 6.12. The van der Waals surface area contributed by atoms with Gasteiger partial charge in [0.2, 0.25) is 0 Å². The number of hydrogen-bond donors (Lipinski definition) is 1. The maximum Gasteiger partial charge on any atom is 0.307 e. The Bertz CT molecular complexity index is 472. The molecule has 2 nitrogen and oxygen atoms in total. The lowest BCUT2D eigenvalue weighted by atomic mass is 10.0. The quantitative estimate of drug-likeness (QED) is 0.883. The maximum atomic E-state index is 10.5. The highest BCUT2D eigenvalue weighted by molar-refractivity contribution is 5.71. The predicted octanol–water partition coefficient (Wildman–Crippen LogP) is 4.01. The Morgan fingerprint density at radius 3 is 1.89 bits per heavy atom. The molecule has 0 aliphatic heterocycles. The van der Waals surface area contributed by atoms with Crippen LogP contribution in [0.1, 0.15) is 19.4 Å². The molecule has 0 radical (unpaired) electrons. The number of benzene rings is 2. The average Bonchev–Trinajstić information content (AvgIpc) is 2.42. The van der Waals surface area contributed by atoms with Crippen LogP contribution in [0.15, 0.2) is 54.6 Å². The van der Waals surface area contributed by atoms with Crippen molar-refractivity contribution in [1.29, 1.82) is 0 Å². The second-order valence-corrected chi connectivity index (χ2v) is 3.63. The Balaban J connectivity index is 0.000000771. The molecule has 0 spiro atoms. The van der Waals surface area contributed by atoms with Gasteiger partial charge in [0.1, 0.15) is 0 Å². The van der Waals surface area contributed by atoms with E-state index in [9.17, 15) is 4.79 Å².